The maximum Gasteiger partial charge on any atom is 0.186 e. The SMILES string of the molecule is CC(=O)SCc1cnc(C)c(O)c1CO. The van der Waals surface area contributed by atoms with Crippen LogP contribution in [0.5, 0.6) is 5.75 Å². The monoisotopic (exact) mass is 227 g/mol. The van der Waals surface area contributed by atoms with Crippen molar-refractivity contribution in [2.24, 2.45) is 0 Å². The van der Waals surface area contributed by atoms with E-state index in [9.17, 15) is 9.90 Å². The maximum atomic E-state index is 10.8. The lowest BCUT2D eigenvalue weighted by atomic mass is 10.1. The summed E-state index contributed by atoms with van der Waals surface area (Å²) in [7, 11) is 0. The number of carbonyl (C=O) groups is 1. The van der Waals surface area contributed by atoms with Crippen LogP contribution in [0.3, 0.4) is 0 Å². The number of aromatic nitrogens is 1. The number of pyridine rings is 1. The number of aromatic hydroxyl groups is 1. The summed E-state index contributed by atoms with van der Waals surface area (Å²) in [5, 5.41) is 18.7. The second kappa shape index (κ2) is 5.14. The zero-order valence-electron chi connectivity index (χ0n) is 8.65. The van der Waals surface area contributed by atoms with Crippen molar-refractivity contribution in [3.63, 3.8) is 0 Å². The van der Waals surface area contributed by atoms with Gasteiger partial charge in [-0.25, -0.2) is 0 Å². The number of aliphatic hydroxyl groups excluding tert-OH is 1. The minimum Gasteiger partial charge on any atom is -0.506 e. The summed E-state index contributed by atoms with van der Waals surface area (Å²) >= 11 is 1.13. The largest absolute Gasteiger partial charge is 0.506 e. The van der Waals surface area contributed by atoms with Crippen LogP contribution in [0.15, 0.2) is 6.20 Å². The predicted octanol–water partition coefficient (Wildman–Crippen LogP) is 1.37. The van der Waals surface area contributed by atoms with Gasteiger partial charge in [0.2, 0.25) is 0 Å². The highest BCUT2D eigenvalue weighted by Crippen LogP contribution is 2.26. The van der Waals surface area contributed by atoms with Gasteiger partial charge in [0.25, 0.3) is 0 Å². The average Bonchev–Trinajstić information content (AvgIpc) is 2.19. The van der Waals surface area contributed by atoms with Gasteiger partial charge in [-0.1, -0.05) is 11.8 Å². The highest BCUT2D eigenvalue weighted by Gasteiger charge is 2.11. The number of hydrogen-bond donors (Lipinski definition) is 2. The van der Waals surface area contributed by atoms with Crippen molar-refractivity contribution in [2.75, 3.05) is 0 Å². The molecule has 82 valence electrons. The number of aryl methyl sites for hydroxylation is 1. The van der Waals surface area contributed by atoms with Crippen LogP contribution in [0, 0.1) is 6.92 Å². The van der Waals surface area contributed by atoms with Gasteiger partial charge < -0.3 is 10.2 Å². The fraction of sp³-hybridized carbons (Fsp3) is 0.400. The Morgan fingerprint density at radius 3 is 2.80 bits per heavy atom. The fourth-order valence-electron chi connectivity index (χ4n) is 1.16. The van der Waals surface area contributed by atoms with Crippen molar-refractivity contribution in [1.82, 2.24) is 4.98 Å². The molecule has 0 saturated heterocycles. The van der Waals surface area contributed by atoms with E-state index in [0.717, 1.165) is 11.8 Å². The van der Waals surface area contributed by atoms with Crippen molar-refractivity contribution in [2.45, 2.75) is 26.2 Å². The summed E-state index contributed by atoms with van der Waals surface area (Å²) < 4.78 is 0. The van der Waals surface area contributed by atoms with Crippen molar-refractivity contribution in [3.05, 3.63) is 23.0 Å². The van der Waals surface area contributed by atoms with E-state index >= 15 is 0 Å². The highest BCUT2D eigenvalue weighted by atomic mass is 32.2. The quantitative estimate of drug-likeness (QED) is 0.816. The lowest BCUT2D eigenvalue weighted by molar-refractivity contribution is -0.109. The van der Waals surface area contributed by atoms with Gasteiger partial charge in [-0.15, -0.1) is 0 Å². The van der Waals surface area contributed by atoms with Crippen LogP contribution < -0.4 is 0 Å². The van der Waals surface area contributed by atoms with Gasteiger partial charge in [0, 0.05) is 24.4 Å². The maximum absolute atomic E-state index is 10.8. The minimum absolute atomic E-state index is 0.000968. The first-order valence-corrected chi connectivity index (χ1v) is 5.45. The third-order valence-electron chi connectivity index (χ3n) is 2.02. The molecule has 1 aromatic rings. The first-order valence-electron chi connectivity index (χ1n) is 4.46. The second-order valence-corrected chi connectivity index (χ2v) is 4.29. The van der Waals surface area contributed by atoms with E-state index in [1.807, 2.05) is 0 Å². The number of aliphatic hydroxyl groups is 1. The number of nitrogens with zero attached hydrogens (tertiary/aromatic N) is 1. The third kappa shape index (κ3) is 2.94. The predicted molar refractivity (Wildman–Crippen MR) is 58.5 cm³/mol. The van der Waals surface area contributed by atoms with E-state index in [4.69, 9.17) is 5.11 Å². The molecule has 4 nitrogen and oxygen atoms in total. The first kappa shape index (κ1) is 12.0. The summed E-state index contributed by atoms with van der Waals surface area (Å²) in [5.74, 6) is 0.436. The standard InChI is InChI=1S/C10H13NO3S/c1-6-10(14)9(4-12)8(3-11-6)5-15-7(2)13/h3,12,14H,4-5H2,1-2H3. The van der Waals surface area contributed by atoms with Crippen LogP contribution in [0.25, 0.3) is 0 Å². The summed E-state index contributed by atoms with van der Waals surface area (Å²) in [6, 6.07) is 0. The van der Waals surface area contributed by atoms with E-state index in [-0.39, 0.29) is 17.5 Å². The van der Waals surface area contributed by atoms with E-state index < -0.39 is 0 Å². The lowest BCUT2D eigenvalue weighted by Crippen LogP contribution is -1.98. The van der Waals surface area contributed by atoms with E-state index in [2.05, 4.69) is 4.98 Å². The highest BCUT2D eigenvalue weighted by molar-refractivity contribution is 8.12. The summed E-state index contributed by atoms with van der Waals surface area (Å²) in [6.07, 6.45) is 1.58. The van der Waals surface area contributed by atoms with Gasteiger partial charge in [0.05, 0.1) is 12.3 Å². The molecule has 1 heterocycles. The Kier molecular flexibility index (Phi) is 4.11. The molecule has 0 bridgehead atoms. The van der Waals surface area contributed by atoms with Gasteiger partial charge >= 0.3 is 0 Å². The number of thioether (sulfide) groups is 1. The summed E-state index contributed by atoms with van der Waals surface area (Å²) in [6.45, 7) is 2.89. The van der Waals surface area contributed by atoms with Crippen molar-refractivity contribution in [3.8, 4) is 5.75 Å². The Labute approximate surface area is 92.3 Å². The van der Waals surface area contributed by atoms with Gasteiger partial charge in [-0.05, 0) is 12.5 Å². The molecule has 0 saturated carbocycles. The molecule has 2 N–H and O–H groups in total. The molecule has 0 atom stereocenters. The molecule has 0 unspecified atom stereocenters. The number of rotatable bonds is 3. The zero-order chi connectivity index (χ0) is 11.4. The van der Waals surface area contributed by atoms with Crippen LogP contribution in [0.1, 0.15) is 23.7 Å². The van der Waals surface area contributed by atoms with E-state index in [0.29, 0.717) is 22.6 Å². The molecule has 0 radical (unpaired) electrons. The Morgan fingerprint density at radius 1 is 1.60 bits per heavy atom. The fourth-order valence-corrected chi connectivity index (χ4v) is 1.77. The van der Waals surface area contributed by atoms with Crippen molar-refractivity contribution >= 4 is 16.9 Å². The normalized spacial score (nSPS) is 10.3. The number of carbonyl (C=O) groups excluding carboxylic acids is 1. The van der Waals surface area contributed by atoms with Crippen LogP contribution >= 0.6 is 11.8 Å². The van der Waals surface area contributed by atoms with E-state index in [1.165, 1.54) is 6.92 Å². The van der Waals surface area contributed by atoms with Crippen LogP contribution in [0.4, 0.5) is 0 Å². The molecule has 0 aromatic carbocycles. The molecular weight excluding hydrogens is 214 g/mol. The summed E-state index contributed by atoms with van der Waals surface area (Å²) in [4.78, 5) is 14.8. The molecule has 0 aliphatic heterocycles. The molecule has 5 heteroatoms. The van der Waals surface area contributed by atoms with Crippen molar-refractivity contribution < 1.29 is 15.0 Å². The molecule has 0 aliphatic rings. The minimum atomic E-state index is -0.247. The topological polar surface area (TPSA) is 70.4 Å². The lowest BCUT2D eigenvalue weighted by Gasteiger charge is -2.09. The zero-order valence-corrected chi connectivity index (χ0v) is 9.47. The molecule has 0 spiro atoms. The molecular formula is C10H13NO3S. The molecule has 0 amide bonds. The Balaban J connectivity index is 2.97. The molecule has 1 rings (SSSR count). The Bertz CT molecular complexity index is 379. The molecule has 15 heavy (non-hydrogen) atoms. The molecule has 0 fully saturated rings. The Hall–Kier alpha value is -1.07. The third-order valence-corrected chi connectivity index (χ3v) is 2.88. The van der Waals surface area contributed by atoms with Gasteiger partial charge in [-0.2, -0.15) is 0 Å². The summed E-state index contributed by atoms with van der Waals surface area (Å²) in [5.41, 5.74) is 1.63. The number of hydrogen-bond acceptors (Lipinski definition) is 5. The van der Waals surface area contributed by atoms with Gasteiger partial charge in [0.1, 0.15) is 5.75 Å². The van der Waals surface area contributed by atoms with Crippen LogP contribution in [-0.4, -0.2) is 20.3 Å². The average molecular weight is 227 g/mol. The second-order valence-electron chi connectivity index (χ2n) is 3.13. The van der Waals surface area contributed by atoms with E-state index in [1.54, 1.807) is 13.1 Å². The molecule has 1 aromatic heterocycles. The van der Waals surface area contributed by atoms with Gasteiger partial charge in [0.15, 0.2) is 5.12 Å². The van der Waals surface area contributed by atoms with Gasteiger partial charge in [-0.3, -0.25) is 9.78 Å². The van der Waals surface area contributed by atoms with Crippen LogP contribution in [0.2, 0.25) is 0 Å². The van der Waals surface area contributed by atoms with Crippen molar-refractivity contribution in [1.29, 1.82) is 0 Å². The molecule has 0 aliphatic carbocycles. The van der Waals surface area contributed by atoms with Crippen LogP contribution in [-0.2, 0) is 17.2 Å². The Morgan fingerprint density at radius 2 is 2.27 bits per heavy atom. The smallest absolute Gasteiger partial charge is 0.186 e. The first-order chi connectivity index (χ1) is 7.06.